The summed E-state index contributed by atoms with van der Waals surface area (Å²) in [6.07, 6.45) is 0. The maximum absolute atomic E-state index is 11.9. The fourth-order valence-corrected chi connectivity index (χ4v) is 3.70. The third-order valence-electron chi connectivity index (χ3n) is 2.86. The molecule has 1 atom stereocenters. The summed E-state index contributed by atoms with van der Waals surface area (Å²) < 4.78 is 23.8. The average molecular weight is 225 g/mol. The fourth-order valence-electron chi connectivity index (χ4n) is 1.97. The molecule has 15 heavy (non-hydrogen) atoms. The molecular weight excluding hydrogens is 210 g/mol. The van der Waals surface area contributed by atoms with Crippen LogP contribution in [-0.2, 0) is 9.84 Å². The van der Waals surface area contributed by atoms with Gasteiger partial charge in [0.1, 0.15) is 0 Å². The van der Waals surface area contributed by atoms with Crippen LogP contribution in [0.1, 0.15) is 16.4 Å². The van der Waals surface area contributed by atoms with Crippen molar-refractivity contribution in [3.63, 3.8) is 0 Å². The van der Waals surface area contributed by atoms with Crippen LogP contribution in [-0.4, -0.2) is 27.3 Å². The highest BCUT2D eigenvalue weighted by molar-refractivity contribution is 7.91. The van der Waals surface area contributed by atoms with Gasteiger partial charge in [0.15, 0.2) is 9.84 Å². The topological polar surface area (TPSA) is 46.2 Å². The Morgan fingerprint density at radius 1 is 1.33 bits per heavy atom. The van der Waals surface area contributed by atoms with Crippen molar-refractivity contribution in [1.29, 1.82) is 0 Å². The minimum absolute atomic E-state index is 0.242. The van der Waals surface area contributed by atoms with E-state index in [9.17, 15) is 8.42 Å². The van der Waals surface area contributed by atoms with Gasteiger partial charge in [-0.3, -0.25) is 0 Å². The molecule has 1 aliphatic rings. The van der Waals surface area contributed by atoms with Crippen LogP contribution in [0.25, 0.3) is 0 Å². The first kappa shape index (κ1) is 10.6. The summed E-state index contributed by atoms with van der Waals surface area (Å²) in [4.78, 5) is 0. The largest absolute Gasteiger partial charge is 0.314 e. The number of aryl methyl sites for hydroxylation is 1. The summed E-state index contributed by atoms with van der Waals surface area (Å²) in [5, 5.41) is 2.77. The molecule has 0 amide bonds. The second kappa shape index (κ2) is 3.94. The van der Waals surface area contributed by atoms with Gasteiger partial charge >= 0.3 is 0 Å². The SMILES string of the molecule is Cc1ccccc1C1CNCCS1(=O)=O. The lowest BCUT2D eigenvalue weighted by Gasteiger charge is -2.24. The van der Waals surface area contributed by atoms with Crippen LogP contribution in [0.3, 0.4) is 0 Å². The molecule has 1 aliphatic heterocycles. The summed E-state index contributed by atoms with van der Waals surface area (Å²) in [5.41, 5.74) is 1.99. The van der Waals surface area contributed by atoms with E-state index >= 15 is 0 Å². The van der Waals surface area contributed by atoms with E-state index in [1.54, 1.807) is 0 Å². The van der Waals surface area contributed by atoms with Crippen molar-refractivity contribution in [2.45, 2.75) is 12.2 Å². The molecular formula is C11H15NO2S. The van der Waals surface area contributed by atoms with Gasteiger partial charge in [0.05, 0.1) is 11.0 Å². The molecule has 4 heteroatoms. The van der Waals surface area contributed by atoms with Crippen LogP contribution in [0, 0.1) is 6.92 Å². The second-order valence-corrected chi connectivity index (χ2v) is 6.22. The minimum atomic E-state index is -2.96. The molecule has 82 valence electrons. The normalized spacial score (nSPS) is 25.0. The molecule has 0 radical (unpaired) electrons. The van der Waals surface area contributed by atoms with Crippen LogP contribution in [0.15, 0.2) is 24.3 Å². The number of hydrogen-bond donors (Lipinski definition) is 1. The van der Waals surface area contributed by atoms with Gasteiger partial charge in [-0.1, -0.05) is 24.3 Å². The van der Waals surface area contributed by atoms with Crippen LogP contribution in [0.5, 0.6) is 0 Å². The van der Waals surface area contributed by atoms with Crippen LogP contribution < -0.4 is 5.32 Å². The van der Waals surface area contributed by atoms with Gasteiger partial charge in [-0.05, 0) is 18.1 Å². The zero-order valence-electron chi connectivity index (χ0n) is 8.73. The molecule has 0 spiro atoms. The van der Waals surface area contributed by atoms with Gasteiger partial charge in [0.2, 0.25) is 0 Å². The molecule has 0 bridgehead atoms. The van der Waals surface area contributed by atoms with Crippen molar-refractivity contribution in [1.82, 2.24) is 5.32 Å². The number of benzene rings is 1. The van der Waals surface area contributed by atoms with Crippen molar-refractivity contribution in [2.75, 3.05) is 18.8 Å². The highest BCUT2D eigenvalue weighted by Gasteiger charge is 2.30. The molecule has 3 nitrogen and oxygen atoms in total. The Bertz CT molecular complexity index is 453. The Hall–Kier alpha value is -0.870. The van der Waals surface area contributed by atoms with E-state index in [4.69, 9.17) is 0 Å². The van der Waals surface area contributed by atoms with Crippen molar-refractivity contribution in [2.24, 2.45) is 0 Å². The van der Waals surface area contributed by atoms with Crippen molar-refractivity contribution >= 4 is 9.84 Å². The molecule has 1 unspecified atom stereocenters. The molecule has 0 aliphatic carbocycles. The number of nitrogens with one attached hydrogen (secondary N) is 1. The van der Waals surface area contributed by atoms with Crippen LogP contribution in [0.4, 0.5) is 0 Å². The van der Waals surface area contributed by atoms with Gasteiger partial charge in [-0.2, -0.15) is 0 Å². The second-order valence-electron chi connectivity index (χ2n) is 3.92. The smallest absolute Gasteiger partial charge is 0.159 e. The molecule has 2 rings (SSSR count). The maximum Gasteiger partial charge on any atom is 0.159 e. The average Bonchev–Trinajstić information content (AvgIpc) is 2.19. The Morgan fingerprint density at radius 2 is 2.07 bits per heavy atom. The number of rotatable bonds is 1. The summed E-state index contributed by atoms with van der Waals surface area (Å²) >= 11 is 0. The zero-order chi connectivity index (χ0) is 10.9. The fraction of sp³-hybridized carbons (Fsp3) is 0.455. The molecule has 0 saturated carbocycles. The summed E-state index contributed by atoms with van der Waals surface area (Å²) in [7, 11) is -2.96. The predicted octanol–water partition coefficient (Wildman–Crippen LogP) is 1.05. The highest BCUT2D eigenvalue weighted by Crippen LogP contribution is 2.26. The first-order valence-corrected chi connectivity index (χ1v) is 6.80. The molecule has 0 aromatic heterocycles. The third-order valence-corrected chi connectivity index (χ3v) is 4.92. The van der Waals surface area contributed by atoms with Crippen molar-refractivity contribution in [3.8, 4) is 0 Å². The Kier molecular flexibility index (Phi) is 2.80. The molecule has 1 heterocycles. The van der Waals surface area contributed by atoms with E-state index in [1.165, 1.54) is 0 Å². The predicted molar refractivity (Wildman–Crippen MR) is 60.6 cm³/mol. The van der Waals surface area contributed by atoms with Crippen molar-refractivity contribution in [3.05, 3.63) is 35.4 Å². The van der Waals surface area contributed by atoms with Crippen LogP contribution >= 0.6 is 0 Å². The maximum atomic E-state index is 11.9. The highest BCUT2D eigenvalue weighted by atomic mass is 32.2. The Labute approximate surface area is 90.4 Å². The van der Waals surface area contributed by atoms with E-state index in [-0.39, 0.29) is 11.0 Å². The van der Waals surface area contributed by atoms with E-state index in [0.29, 0.717) is 13.1 Å². The Morgan fingerprint density at radius 3 is 2.73 bits per heavy atom. The lowest BCUT2D eigenvalue weighted by molar-refractivity contribution is 0.551. The molecule has 1 aromatic carbocycles. The summed E-state index contributed by atoms with van der Waals surface area (Å²) in [5.74, 6) is 0.242. The summed E-state index contributed by atoms with van der Waals surface area (Å²) in [6.45, 7) is 3.07. The van der Waals surface area contributed by atoms with Crippen molar-refractivity contribution < 1.29 is 8.42 Å². The lowest BCUT2D eigenvalue weighted by atomic mass is 10.1. The standard InChI is InChI=1S/C11H15NO2S/c1-9-4-2-3-5-10(9)11-8-12-6-7-15(11,13)14/h2-5,11-12H,6-8H2,1H3. The van der Waals surface area contributed by atoms with E-state index < -0.39 is 9.84 Å². The third kappa shape index (κ3) is 2.06. The van der Waals surface area contributed by atoms with Gasteiger partial charge in [-0.25, -0.2) is 8.42 Å². The summed E-state index contributed by atoms with van der Waals surface area (Å²) in [6, 6.07) is 7.69. The van der Waals surface area contributed by atoms with Gasteiger partial charge in [-0.15, -0.1) is 0 Å². The van der Waals surface area contributed by atoms with Gasteiger partial charge in [0, 0.05) is 13.1 Å². The Balaban J connectivity index is 2.42. The van der Waals surface area contributed by atoms with E-state index in [1.807, 2.05) is 31.2 Å². The molecule has 1 aromatic rings. The first-order chi connectivity index (χ1) is 7.11. The van der Waals surface area contributed by atoms with Gasteiger partial charge < -0.3 is 5.32 Å². The lowest BCUT2D eigenvalue weighted by Crippen LogP contribution is -2.38. The van der Waals surface area contributed by atoms with E-state index in [2.05, 4.69) is 5.32 Å². The molecule has 1 fully saturated rings. The molecule has 1 saturated heterocycles. The number of sulfone groups is 1. The zero-order valence-corrected chi connectivity index (χ0v) is 9.55. The minimum Gasteiger partial charge on any atom is -0.314 e. The quantitative estimate of drug-likeness (QED) is 0.777. The number of hydrogen-bond acceptors (Lipinski definition) is 3. The first-order valence-electron chi connectivity index (χ1n) is 5.09. The van der Waals surface area contributed by atoms with Gasteiger partial charge in [0.25, 0.3) is 0 Å². The molecule has 1 N–H and O–H groups in total. The van der Waals surface area contributed by atoms with Crippen LogP contribution in [0.2, 0.25) is 0 Å². The van der Waals surface area contributed by atoms with E-state index in [0.717, 1.165) is 11.1 Å². The monoisotopic (exact) mass is 225 g/mol.